The topological polar surface area (TPSA) is 41.5 Å². The Kier molecular flexibility index (Phi) is 9.98. The van der Waals surface area contributed by atoms with Crippen LogP contribution in [-0.4, -0.2) is 11.8 Å². The summed E-state index contributed by atoms with van der Waals surface area (Å²) in [7, 11) is 0. The van der Waals surface area contributed by atoms with E-state index in [0.29, 0.717) is 6.54 Å². The van der Waals surface area contributed by atoms with E-state index in [2.05, 4.69) is 12.4 Å². The minimum absolute atomic E-state index is 0.471. The molecule has 0 aliphatic heterocycles. The van der Waals surface area contributed by atoms with Crippen molar-refractivity contribution in [3.8, 4) is 5.75 Å². The van der Waals surface area contributed by atoms with Crippen molar-refractivity contribution >= 4 is 0 Å². The monoisotopic (exact) mass is 279 g/mol. The predicted molar refractivity (Wildman–Crippen MR) is 83.2 cm³/mol. The van der Waals surface area contributed by atoms with Crippen molar-refractivity contribution in [1.82, 2.24) is 5.48 Å². The van der Waals surface area contributed by atoms with E-state index in [1.807, 2.05) is 24.3 Å². The van der Waals surface area contributed by atoms with Gasteiger partial charge in [0.25, 0.3) is 0 Å². The molecule has 0 unspecified atom stereocenters. The number of hydrogen-bond donors (Lipinski definition) is 2. The lowest BCUT2D eigenvalue weighted by atomic mass is 10.1. The van der Waals surface area contributed by atoms with Crippen LogP contribution in [0.4, 0.5) is 0 Å². The first-order valence-electron chi connectivity index (χ1n) is 7.95. The maximum atomic E-state index is 8.60. The van der Waals surface area contributed by atoms with E-state index in [1.165, 1.54) is 44.9 Å². The maximum Gasteiger partial charge on any atom is 0.119 e. The normalized spacial score (nSPS) is 10.7. The zero-order valence-corrected chi connectivity index (χ0v) is 12.7. The minimum atomic E-state index is 0.471. The Morgan fingerprint density at radius 3 is 2.10 bits per heavy atom. The Morgan fingerprint density at radius 1 is 0.900 bits per heavy atom. The number of rotatable bonds is 12. The van der Waals surface area contributed by atoms with Crippen molar-refractivity contribution in [2.75, 3.05) is 6.61 Å². The first kappa shape index (κ1) is 17.0. The molecule has 3 heteroatoms. The zero-order valence-electron chi connectivity index (χ0n) is 12.7. The highest BCUT2D eigenvalue weighted by Crippen LogP contribution is 2.13. The molecule has 0 atom stereocenters. The maximum absolute atomic E-state index is 8.60. The van der Waals surface area contributed by atoms with Crippen LogP contribution in [0.15, 0.2) is 24.3 Å². The van der Waals surface area contributed by atoms with Crippen molar-refractivity contribution in [2.24, 2.45) is 0 Å². The van der Waals surface area contributed by atoms with Crippen molar-refractivity contribution in [3.63, 3.8) is 0 Å². The van der Waals surface area contributed by atoms with Crippen molar-refractivity contribution in [1.29, 1.82) is 0 Å². The SMILES string of the molecule is CCCCCCCCCCOc1ccc(CNO)cc1. The zero-order chi connectivity index (χ0) is 14.5. The van der Waals surface area contributed by atoms with Gasteiger partial charge in [-0.15, -0.1) is 0 Å². The molecule has 0 bridgehead atoms. The summed E-state index contributed by atoms with van der Waals surface area (Å²) in [5.41, 5.74) is 3.20. The molecule has 0 spiro atoms. The summed E-state index contributed by atoms with van der Waals surface area (Å²) < 4.78 is 5.70. The van der Waals surface area contributed by atoms with Gasteiger partial charge < -0.3 is 9.94 Å². The molecule has 0 radical (unpaired) electrons. The van der Waals surface area contributed by atoms with Gasteiger partial charge in [0.2, 0.25) is 0 Å². The van der Waals surface area contributed by atoms with Crippen molar-refractivity contribution < 1.29 is 9.94 Å². The lowest BCUT2D eigenvalue weighted by Gasteiger charge is -2.07. The molecule has 114 valence electrons. The third-order valence-corrected chi connectivity index (χ3v) is 3.47. The smallest absolute Gasteiger partial charge is 0.119 e. The van der Waals surface area contributed by atoms with Gasteiger partial charge in [0.1, 0.15) is 5.75 Å². The predicted octanol–water partition coefficient (Wildman–Crippen LogP) is 4.68. The largest absolute Gasteiger partial charge is 0.494 e. The summed E-state index contributed by atoms with van der Waals surface area (Å²) in [6, 6.07) is 7.84. The molecule has 0 fully saturated rings. The fourth-order valence-electron chi connectivity index (χ4n) is 2.22. The second kappa shape index (κ2) is 11.7. The van der Waals surface area contributed by atoms with Gasteiger partial charge in [-0.2, -0.15) is 0 Å². The summed E-state index contributed by atoms with van der Waals surface area (Å²) in [5, 5.41) is 8.60. The summed E-state index contributed by atoms with van der Waals surface area (Å²) in [4.78, 5) is 0. The highest BCUT2D eigenvalue weighted by molar-refractivity contribution is 5.27. The second-order valence-corrected chi connectivity index (χ2v) is 5.30. The third kappa shape index (κ3) is 8.18. The van der Waals surface area contributed by atoms with Crippen molar-refractivity contribution in [2.45, 2.75) is 64.8 Å². The molecular weight excluding hydrogens is 250 g/mol. The Balaban J connectivity index is 1.98. The molecule has 3 nitrogen and oxygen atoms in total. The van der Waals surface area contributed by atoms with Crippen LogP contribution < -0.4 is 10.2 Å². The average Bonchev–Trinajstić information content (AvgIpc) is 2.47. The first-order valence-corrected chi connectivity index (χ1v) is 7.95. The van der Waals surface area contributed by atoms with Gasteiger partial charge in [-0.1, -0.05) is 64.0 Å². The van der Waals surface area contributed by atoms with Crippen LogP contribution >= 0.6 is 0 Å². The van der Waals surface area contributed by atoms with Gasteiger partial charge in [-0.05, 0) is 24.1 Å². The number of hydrogen-bond acceptors (Lipinski definition) is 3. The summed E-state index contributed by atoms with van der Waals surface area (Å²) in [6.45, 7) is 3.52. The Bertz CT molecular complexity index is 324. The van der Waals surface area contributed by atoms with Crippen LogP contribution in [0.5, 0.6) is 5.75 Å². The molecule has 0 saturated carbocycles. The highest BCUT2D eigenvalue weighted by Gasteiger charge is 1.96. The lowest BCUT2D eigenvalue weighted by molar-refractivity contribution is 0.161. The lowest BCUT2D eigenvalue weighted by Crippen LogP contribution is -2.05. The quantitative estimate of drug-likeness (QED) is 0.431. The summed E-state index contributed by atoms with van der Waals surface area (Å²) >= 11 is 0. The van der Waals surface area contributed by atoms with E-state index in [4.69, 9.17) is 9.94 Å². The first-order chi connectivity index (χ1) is 9.86. The third-order valence-electron chi connectivity index (χ3n) is 3.47. The fourth-order valence-corrected chi connectivity index (χ4v) is 2.22. The Hall–Kier alpha value is -1.06. The molecule has 2 N–H and O–H groups in total. The number of ether oxygens (including phenoxy) is 1. The fraction of sp³-hybridized carbons (Fsp3) is 0.647. The molecule has 0 aliphatic carbocycles. The molecule has 0 heterocycles. The molecular formula is C17H29NO2. The molecule has 1 rings (SSSR count). The van der Waals surface area contributed by atoms with E-state index in [-0.39, 0.29) is 0 Å². The molecule has 0 saturated heterocycles. The number of hydroxylamine groups is 1. The van der Waals surface area contributed by atoms with Gasteiger partial charge in [-0.25, -0.2) is 5.48 Å². The van der Waals surface area contributed by atoms with E-state index >= 15 is 0 Å². The number of nitrogens with one attached hydrogen (secondary N) is 1. The minimum Gasteiger partial charge on any atom is -0.494 e. The Labute approximate surface area is 123 Å². The van der Waals surface area contributed by atoms with E-state index in [1.54, 1.807) is 0 Å². The summed E-state index contributed by atoms with van der Waals surface area (Å²) in [6.07, 6.45) is 10.6. The number of benzene rings is 1. The molecule has 20 heavy (non-hydrogen) atoms. The van der Waals surface area contributed by atoms with E-state index in [9.17, 15) is 0 Å². The van der Waals surface area contributed by atoms with Crippen LogP contribution in [-0.2, 0) is 6.54 Å². The van der Waals surface area contributed by atoms with Crippen LogP contribution in [0.2, 0.25) is 0 Å². The van der Waals surface area contributed by atoms with Gasteiger partial charge >= 0.3 is 0 Å². The molecule has 0 aromatic heterocycles. The van der Waals surface area contributed by atoms with Crippen LogP contribution in [0.1, 0.15) is 63.9 Å². The molecule has 0 amide bonds. The van der Waals surface area contributed by atoms with Crippen LogP contribution in [0.3, 0.4) is 0 Å². The van der Waals surface area contributed by atoms with Crippen LogP contribution in [0, 0.1) is 0 Å². The van der Waals surface area contributed by atoms with Gasteiger partial charge in [-0.3, -0.25) is 0 Å². The molecule has 0 aliphatic rings. The van der Waals surface area contributed by atoms with Gasteiger partial charge in [0, 0.05) is 6.54 Å². The highest BCUT2D eigenvalue weighted by atomic mass is 16.5. The molecule has 1 aromatic rings. The average molecular weight is 279 g/mol. The van der Waals surface area contributed by atoms with Crippen LogP contribution in [0.25, 0.3) is 0 Å². The molecule has 1 aromatic carbocycles. The van der Waals surface area contributed by atoms with Crippen molar-refractivity contribution in [3.05, 3.63) is 29.8 Å². The summed E-state index contributed by atoms with van der Waals surface area (Å²) in [5.74, 6) is 0.912. The van der Waals surface area contributed by atoms with Gasteiger partial charge in [0.05, 0.1) is 6.61 Å². The van der Waals surface area contributed by atoms with Gasteiger partial charge in [0.15, 0.2) is 0 Å². The van der Waals surface area contributed by atoms with E-state index in [0.717, 1.165) is 24.3 Å². The number of unbranched alkanes of at least 4 members (excludes halogenated alkanes) is 7. The standard InChI is InChI=1S/C17H29NO2/c1-2-3-4-5-6-7-8-9-14-20-17-12-10-16(11-13-17)15-18-19/h10-13,18-19H,2-9,14-15H2,1H3. The van der Waals surface area contributed by atoms with E-state index < -0.39 is 0 Å². The second-order valence-electron chi connectivity index (χ2n) is 5.30. The Morgan fingerprint density at radius 2 is 1.50 bits per heavy atom.